The Hall–Kier alpha value is -3.14. The molecule has 3 aromatic carbocycles. The fourth-order valence-corrected chi connectivity index (χ4v) is 2.73. The molecule has 24 heavy (non-hydrogen) atoms. The van der Waals surface area contributed by atoms with Gasteiger partial charge in [-0.25, -0.2) is 0 Å². The molecule has 4 heteroatoms. The first-order valence-corrected chi connectivity index (χ1v) is 7.48. The second kappa shape index (κ2) is 6.54. The van der Waals surface area contributed by atoms with E-state index in [0.29, 0.717) is 17.1 Å². The maximum atomic E-state index is 10.8. The topological polar surface area (TPSA) is 58.9 Å². The first kappa shape index (κ1) is 15.7. The molecule has 0 amide bonds. The van der Waals surface area contributed by atoms with Gasteiger partial charge in [0.05, 0.1) is 19.8 Å². The van der Waals surface area contributed by atoms with Crippen molar-refractivity contribution >= 4 is 0 Å². The first-order valence-electron chi connectivity index (χ1n) is 7.48. The molecule has 122 valence electrons. The molecule has 3 rings (SSSR count). The zero-order valence-corrected chi connectivity index (χ0v) is 13.5. The van der Waals surface area contributed by atoms with Gasteiger partial charge >= 0.3 is 0 Å². The van der Waals surface area contributed by atoms with Crippen molar-refractivity contribution in [1.82, 2.24) is 0 Å². The lowest BCUT2D eigenvalue weighted by atomic mass is 9.96. The van der Waals surface area contributed by atoms with Crippen LogP contribution in [0.1, 0.15) is 0 Å². The summed E-state index contributed by atoms with van der Waals surface area (Å²) < 4.78 is 11.0. The average molecular weight is 322 g/mol. The molecule has 0 saturated carbocycles. The zero-order valence-electron chi connectivity index (χ0n) is 13.5. The highest BCUT2D eigenvalue weighted by atomic mass is 16.5. The molecule has 2 N–H and O–H groups in total. The molecule has 0 heterocycles. The van der Waals surface area contributed by atoms with Crippen LogP contribution in [0.4, 0.5) is 0 Å². The van der Waals surface area contributed by atoms with Crippen LogP contribution in [-0.2, 0) is 0 Å². The summed E-state index contributed by atoms with van der Waals surface area (Å²) in [5, 5.41) is 20.3. The molecule has 0 atom stereocenters. The lowest BCUT2D eigenvalue weighted by molar-refractivity contribution is 0.369. The normalized spacial score (nSPS) is 10.4. The minimum Gasteiger partial charge on any atom is -0.508 e. The van der Waals surface area contributed by atoms with Crippen molar-refractivity contribution in [2.45, 2.75) is 0 Å². The molecule has 0 aliphatic rings. The van der Waals surface area contributed by atoms with E-state index in [9.17, 15) is 10.2 Å². The van der Waals surface area contributed by atoms with Crippen molar-refractivity contribution in [1.29, 1.82) is 0 Å². The standard InChI is InChI=1S/C20H18O4/c1-23-17-12-16(13-6-4-3-5-7-13)20(24-2)19(22)18(17)14-8-10-15(21)11-9-14/h3-12,21-22H,1-2H3. The lowest BCUT2D eigenvalue weighted by Crippen LogP contribution is -1.95. The van der Waals surface area contributed by atoms with Gasteiger partial charge < -0.3 is 19.7 Å². The van der Waals surface area contributed by atoms with Crippen LogP contribution in [0.3, 0.4) is 0 Å². The highest BCUT2D eigenvalue weighted by molar-refractivity contribution is 5.87. The van der Waals surface area contributed by atoms with E-state index in [2.05, 4.69) is 0 Å². The molecule has 0 spiro atoms. The Morgan fingerprint density at radius 3 is 2.00 bits per heavy atom. The number of benzene rings is 3. The molecular weight excluding hydrogens is 304 g/mol. The molecule has 0 bridgehead atoms. The van der Waals surface area contributed by atoms with Gasteiger partial charge in [-0.05, 0) is 29.3 Å². The van der Waals surface area contributed by atoms with Crippen LogP contribution in [0.25, 0.3) is 22.3 Å². The Bertz CT molecular complexity index is 840. The zero-order chi connectivity index (χ0) is 17.1. The Balaban J connectivity index is 2.26. The molecule has 0 radical (unpaired) electrons. The fourth-order valence-electron chi connectivity index (χ4n) is 2.73. The van der Waals surface area contributed by atoms with Crippen molar-refractivity contribution in [2.24, 2.45) is 0 Å². The summed E-state index contributed by atoms with van der Waals surface area (Å²) in [6, 6.07) is 18.1. The van der Waals surface area contributed by atoms with Crippen molar-refractivity contribution in [2.75, 3.05) is 14.2 Å². The molecule has 0 aliphatic carbocycles. The highest BCUT2D eigenvalue weighted by Gasteiger charge is 2.21. The van der Waals surface area contributed by atoms with Crippen LogP contribution in [0, 0.1) is 0 Å². The van der Waals surface area contributed by atoms with E-state index in [-0.39, 0.29) is 11.5 Å². The van der Waals surface area contributed by atoms with Crippen molar-refractivity contribution in [3.8, 4) is 45.3 Å². The fraction of sp³-hybridized carbons (Fsp3) is 0.100. The van der Waals surface area contributed by atoms with Gasteiger partial charge in [-0.1, -0.05) is 42.5 Å². The van der Waals surface area contributed by atoms with Gasteiger partial charge in [-0.3, -0.25) is 0 Å². The number of rotatable bonds is 4. The van der Waals surface area contributed by atoms with Gasteiger partial charge in [0.25, 0.3) is 0 Å². The molecule has 3 aromatic rings. The molecule has 4 nitrogen and oxygen atoms in total. The summed E-state index contributed by atoms with van der Waals surface area (Å²) in [5.74, 6) is 1.06. The largest absolute Gasteiger partial charge is 0.508 e. The van der Waals surface area contributed by atoms with Gasteiger partial charge in [0.15, 0.2) is 11.5 Å². The highest BCUT2D eigenvalue weighted by Crippen LogP contribution is 2.49. The Morgan fingerprint density at radius 2 is 1.42 bits per heavy atom. The smallest absolute Gasteiger partial charge is 0.170 e. The van der Waals surface area contributed by atoms with E-state index in [1.807, 2.05) is 36.4 Å². The van der Waals surface area contributed by atoms with Gasteiger partial charge in [-0.2, -0.15) is 0 Å². The van der Waals surface area contributed by atoms with Crippen LogP contribution < -0.4 is 9.47 Å². The predicted molar refractivity (Wildman–Crippen MR) is 93.7 cm³/mol. The summed E-state index contributed by atoms with van der Waals surface area (Å²) in [6.45, 7) is 0. The number of methoxy groups -OCH3 is 2. The minimum absolute atomic E-state index is 0.00129. The monoisotopic (exact) mass is 322 g/mol. The average Bonchev–Trinajstić information content (AvgIpc) is 2.62. The maximum Gasteiger partial charge on any atom is 0.170 e. The third kappa shape index (κ3) is 2.74. The van der Waals surface area contributed by atoms with E-state index in [4.69, 9.17) is 9.47 Å². The van der Waals surface area contributed by atoms with Gasteiger partial charge in [0.2, 0.25) is 0 Å². The maximum absolute atomic E-state index is 10.8. The number of hydrogen-bond acceptors (Lipinski definition) is 4. The minimum atomic E-state index is 0.00129. The molecule has 0 aliphatic heterocycles. The van der Waals surface area contributed by atoms with Crippen LogP contribution in [0.5, 0.6) is 23.0 Å². The van der Waals surface area contributed by atoms with Crippen molar-refractivity contribution < 1.29 is 19.7 Å². The number of aromatic hydroxyl groups is 2. The van der Waals surface area contributed by atoms with Gasteiger partial charge in [-0.15, -0.1) is 0 Å². The van der Waals surface area contributed by atoms with E-state index < -0.39 is 0 Å². The summed E-state index contributed by atoms with van der Waals surface area (Å²) >= 11 is 0. The molecule has 0 aromatic heterocycles. The van der Waals surface area contributed by atoms with E-state index in [1.54, 1.807) is 31.4 Å². The summed E-state index contributed by atoms with van der Waals surface area (Å²) in [7, 11) is 3.08. The Morgan fingerprint density at radius 1 is 0.750 bits per heavy atom. The van der Waals surface area contributed by atoms with E-state index in [1.165, 1.54) is 7.11 Å². The number of hydrogen-bond donors (Lipinski definition) is 2. The Kier molecular flexibility index (Phi) is 4.29. The molecule has 0 saturated heterocycles. The third-order valence-corrected chi connectivity index (χ3v) is 3.88. The number of phenolic OH excluding ortho intramolecular Hbond substituents is 2. The van der Waals surface area contributed by atoms with Gasteiger partial charge in [0, 0.05) is 5.56 Å². The first-order chi connectivity index (χ1) is 11.7. The van der Waals surface area contributed by atoms with Gasteiger partial charge in [0.1, 0.15) is 11.5 Å². The Labute approximate surface area is 140 Å². The quantitative estimate of drug-likeness (QED) is 0.745. The number of ether oxygens (including phenoxy) is 2. The summed E-state index contributed by atoms with van der Waals surface area (Å²) in [4.78, 5) is 0. The third-order valence-electron chi connectivity index (χ3n) is 3.88. The molecule has 0 unspecified atom stereocenters. The lowest BCUT2D eigenvalue weighted by Gasteiger charge is -2.18. The second-order valence-corrected chi connectivity index (χ2v) is 5.30. The van der Waals surface area contributed by atoms with E-state index >= 15 is 0 Å². The van der Waals surface area contributed by atoms with Crippen LogP contribution in [0.2, 0.25) is 0 Å². The van der Waals surface area contributed by atoms with Crippen molar-refractivity contribution in [3.63, 3.8) is 0 Å². The number of phenols is 2. The second-order valence-electron chi connectivity index (χ2n) is 5.30. The molecule has 0 fully saturated rings. The van der Waals surface area contributed by atoms with Crippen LogP contribution in [0.15, 0.2) is 60.7 Å². The molecular formula is C20H18O4. The van der Waals surface area contributed by atoms with E-state index in [0.717, 1.165) is 16.7 Å². The predicted octanol–water partition coefficient (Wildman–Crippen LogP) is 4.45. The van der Waals surface area contributed by atoms with Crippen LogP contribution in [-0.4, -0.2) is 24.4 Å². The van der Waals surface area contributed by atoms with Crippen LogP contribution >= 0.6 is 0 Å². The summed E-state index contributed by atoms with van der Waals surface area (Å²) in [6.07, 6.45) is 0. The van der Waals surface area contributed by atoms with Crippen molar-refractivity contribution in [3.05, 3.63) is 60.7 Å². The summed E-state index contributed by atoms with van der Waals surface area (Å²) in [5.41, 5.74) is 2.91. The SMILES string of the molecule is COc1cc(-c2ccccc2)c(OC)c(O)c1-c1ccc(O)cc1.